The smallest absolute Gasteiger partial charge is 0.191 e. The quantitative estimate of drug-likeness (QED) is 0.476. The van der Waals surface area contributed by atoms with Crippen LogP contribution in [-0.2, 0) is 6.54 Å². The van der Waals surface area contributed by atoms with Crippen molar-refractivity contribution in [1.82, 2.24) is 15.6 Å². The zero-order chi connectivity index (χ0) is 15.8. The monoisotopic (exact) mass is 320 g/mol. The van der Waals surface area contributed by atoms with Crippen LogP contribution < -0.4 is 10.6 Å². The zero-order valence-electron chi connectivity index (χ0n) is 14.0. The van der Waals surface area contributed by atoms with Gasteiger partial charge in [0.25, 0.3) is 0 Å². The average Bonchev–Trinajstić information content (AvgIpc) is 3.01. The Kier molecular flexibility index (Phi) is 6.90. The van der Waals surface area contributed by atoms with Gasteiger partial charge in [0.15, 0.2) is 5.96 Å². The molecule has 0 spiro atoms. The van der Waals surface area contributed by atoms with E-state index in [9.17, 15) is 0 Å². The number of hydrogen-bond acceptors (Lipinski definition) is 3. The van der Waals surface area contributed by atoms with Crippen molar-refractivity contribution >= 4 is 17.3 Å². The number of guanidine groups is 1. The Balaban J connectivity index is 1.71. The first kappa shape index (κ1) is 17.0. The Morgan fingerprint density at radius 1 is 1.36 bits per heavy atom. The molecule has 2 rings (SSSR count). The molecule has 1 aromatic heterocycles. The van der Waals surface area contributed by atoms with Gasteiger partial charge in [-0.3, -0.25) is 4.99 Å². The van der Waals surface area contributed by atoms with Crippen molar-refractivity contribution in [2.75, 3.05) is 13.6 Å². The number of aliphatic imine (C=N–C) groups is 1. The Labute approximate surface area is 138 Å². The minimum atomic E-state index is 0.500. The molecule has 0 bridgehead atoms. The molecular weight excluding hydrogens is 292 g/mol. The molecule has 0 aliphatic heterocycles. The molecule has 122 valence electrons. The molecule has 4 nitrogen and oxygen atoms in total. The van der Waals surface area contributed by atoms with Crippen molar-refractivity contribution in [3.05, 3.63) is 27.7 Å². The lowest BCUT2D eigenvalue weighted by Crippen LogP contribution is -2.37. The largest absolute Gasteiger partial charge is 0.356 e. The second kappa shape index (κ2) is 8.93. The van der Waals surface area contributed by atoms with Gasteiger partial charge in [0.05, 0.1) is 17.2 Å². The molecule has 0 fully saturated rings. The van der Waals surface area contributed by atoms with Crippen molar-refractivity contribution < 1.29 is 0 Å². The lowest BCUT2D eigenvalue weighted by atomic mass is 9.97. The van der Waals surface area contributed by atoms with E-state index < -0.39 is 0 Å². The van der Waals surface area contributed by atoms with Crippen LogP contribution in [-0.4, -0.2) is 24.5 Å². The molecule has 1 aromatic rings. The highest BCUT2D eigenvalue weighted by Gasteiger charge is 2.07. The predicted molar refractivity (Wildman–Crippen MR) is 95.6 cm³/mol. The first-order valence-corrected chi connectivity index (χ1v) is 9.13. The molecule has 1 aliphatic carbocycles. The van der Waals surface area contributed by atoms with Gasteiger partial charge in [-0.1, -0.05) is 25.5 Å². The third-order valence-electron chi connectivity index (χ3n) is 3.85. The second-order valence-electron chi connectivity index (χ2n) is 6.04. The minimum absolute atomic E-state index is 0.500. The van der Waals surface area contributed by atoms with E-state index >= 15 is 0 Å². The van der Waals surface area contributed by atoms with Crippen LogP contribution in [0.25, 0.3) is 0 Å². The Morgan fingerprint density at radius 3 is 2.86 bits per heavy atom. The summed E-state index contributed by atoms with van der Waals surface area (Å²) in [7, 11) is 1.82. The maximum Gasteiger partial charge on any atom is 0.191 e. The highest BCUT2D eigenvalue weighted by molar-refractivity contribution is 7.09. The van der Waals surface area contributed by atoms with Crippen molar-refractivity contribution in [3.63, 3.8) is 0 Å². The third-order valence-corrected chi connectivity index (χ3v) is 5.04. The first-order chi connectivity index (χ1) is 10.7. The summed E-state index contributed by atoms with van der Waals surface area (Å²) in [6, 6.07) is 0. The molecule has 0 atom stereocenters. The highest BCUT2D eigenvalue weighted by Crippen LogP contribution is 2.20. The van der Waals surface area contributed by atoms with Crippen LogP contribution in [0, 0.1) is 0 Å². The number of allylic oxidation sites excluding steroid dienone is 1. The molecular formula is C17H28N4S. The van der Waals surface area contributed by atoms with E-state index in [0.29, 0.717) is 5.92 Å². The molecule has 0 unspecified atom stereocenters. The van der Waals surface area contributed by atoms with E-state index in [0.717, 1.165) is 31.2 Å². The van der Waals surface area contributed by atoms with Crippen LogP contribution in [0.4, 0.5) is 0 Å². The normalized spacial score (nSPS) is 15.8. The molecule has 0 aromatic carbocycles. The summed E-state index contributed by atoms with van der Waals surface area (Å²) >= 11 is 1.73. The summed E-state index contributed by atoms with van der Waals surface area (Å²) in [6.07, 6.45) is 8.75. The van der Waals surface area contributed by atoms with E-state index in [1.165, 1.54) is 30.7 Å². The van der Waals surface area contributed by atoms with Gasteiger partial charge >= 0.3 is 0 Å². The van der Waals surface area contributed by atoms with E-state index in [-0.39, 0.29) is 0 Å². The van der Waals surface area contributed by atoms with Gasteiger partial charge in [0.1, 0.15) is 0 Å². The topological polar surface area (TPSA) is 49.3 Å². The highest BCUT2D eigenvalue weighted by atomic mass is 32.1. The molecule has 0 radical (unpaired) electrons. The van der Waals surface area contributed by atoms with Gasteiger partial charge in [-0.25, -0.2) is 4.98 Å². The molecule has 22 heavy (non-hydrogen) atoms. The Morgan fingerprint density at radius 2 is 2.23 bits per heavy atom. The third kappa shape index (κ3) is 5.44. The van der Waals surface area contributed by atoms with Crippen LogP contribution in [0.1, 0.15) is 62.6 Å². The Hall–Kier alpha value is -1.36. The minimum Gasteiger partial charge on any atom is -0.356 e. The predicted octanol–water partition coefficient (Wildman–Crippen LogP) is 3.82. The number of nitrogens with one attached hydrogen (secondary N) is 2. The van der Waals surface area contributed by atoms with Crippen LogP contribution >= 0.6 is 11.3 Å². The lowest BCUT2D eigenvalue weighted by molar-refractivity contribution is 0.665. The SMILES string of the molecule is CN=C(NCCC1=CCCCC1)NCc1csc(C(C)C)n1. The molecule has 1 aliphatic rings. The molecule has 0 amide bonds. The van der Waals surface area contributed by atoms with E-state index in [4.69, 9.17) is 0 Å². The maximum atomic E-state index is 4.63. The number of hydrogen-bond donors (Lipinski definition) is 2. The molecule has 2 N–H and O–H groups in total. The number of nitrogens with zero attached hydrogens (tertiary/aromatic N) is 2. The van der Waals surface area contributed by atoms with Gasteiger partial charge in [-0.15, -0.1) is 11.3 Å². The summed E-state index contributed by atoms with van der Waals surface area (Å²) in [4.78, 5) is 8.91. The van der Waals surface area contributed by atoms with Crippen molar-refractivity contribution in [2.45, 2.75) is 58.4 Å². The summed E-state index contributed by atoms with van der Waals surface area (Å²) in [5, 5.41) is 10.1. The Bertz CT molecular complexity index is 516. The van der Waals surface area contributed by atoms with E-state index in [2.05, 4.69) is 45.9 Å². The van der Waals surface area contributed by atoms with Crippen molar-refractivity contribution in [2.24, 2.45) is 4.99 Å². The van der Waals surface area contributed by atoms with Crippen molar-refractivity contribution in [1.29, 1.82) is 0 Å². The van der Waals surface area contributed by atoms with Gasteiger partial charge in [-0.05, 0) is 32.1 Å². The molecule has 1 heterocycles. The number of aromatic nitrogens is 1. The molecule has 0 saturated heterocycles. The number of rotatable bonds is 6. The van der Waals surface area contributed by atoms with Gasteiger partial charge in [-0.2, -0.15) is 0 Å². The van der Waals surface area contributed by atoms with Gasteiger partial charge < -0.3 is 10.6 Å². The summed E-state index contributed by atoms with van der Waals surface area (Å²) in [6.45, 7) is 6.03. The fourth-order valence-electron chi connectivity index (χ4n) is 2.54. The van der Waals surface area contributed by atoms with Crippen LogP contribution in [0.15, 0.2) is 22.0 Å². The zero-order valence-corrected chi connectivity index (χ0v) is 14.8. The summed E-state index contributed by atoms with van der Waals surface area (Å²) in [5.41, 5.74) is 2.68. The van der Waals surface area contributed by atoms with Crippen molar-refractivity contribution in [3.8, 4) is 0 Å². The maximum absolute atomic E-state index is 4.63. The molecule has 5 heteroatoms. The first-order valence-electron chi connectivity index (χ1n) is 8.25. The average molecular weight is 321 g/mol. The molecule has 0 saturated carbocycles. The second-order valence-corrected chi connectivity index (χ2v) is 6.93. The van der Waals surface area contributed by atoms with E-state index in [1.54, 1.807) is 16.9 Å². The number of thiazole rings is 1. The van der Waals surface area contributed by atoms with E-state index in [1.807, 2.05) is 7.05 Å². The summed E-state index contributed by atoms with van der Waals surface area (Å²) in [5.74, 6) is 1.36. The van der Waals surface area contributed by atoms with Crippen LogP contribution in [0.3, 0.4) is 0 Å². The lowest BCUT2D eigenvalue weighted by Gasteiger charge is -2.14. The van der Waals surface area contributed by atoms with Gasteiger partial charge in [0, 0.05) is 24.9 Å². The standard InChI is InChI=1S/C17H28N4S/c1-13(2)16-21-15(12-22-16)11-20-17(18-3)19-10-9-14-7-5-4-6-8-14/h7,12-13H,4-6,8-11H2,1-3H3,(H2,18,19,20). The van der Waals surface area contributed by atoms with Crippen LogP contribution in [0.2, 0.25) is 0 Å². The fraction of sp³-hybridized carbons (Fsp3) is 0.647. The fourth-order valence-corrected chi connectivity index (χ4v) is 3.37. The van der Waals surface area contributed by atoms with Crippen LogP contribution in [0.5, 0.6) is 0 Å². The van der Waals surface area contributed by atoms with Gasteiger partial charge in [0.2, 0.25) is 0 Å². The summed E-state index contributed by atoms with van der Waals surface area (Å²) < 4.78 is 0.